The Hall–Kier alpha value is -2.62. The van der Waals surface area contributed by atoms with Crippen LogP contribution in [-0.4, -0.2) is 20.8 Å². The molecule has 0 atom stereocenters. The number of benzene rings is 1. The first-order chi connectivity index (χ1) is 8.49. The number of nitro benzene ring substituents is 2. The molecule has 2 rings (SSSR count). The normalized spacial score (nSPS) is 13.6. The number of hydrogen-bond acceptors (Lipinski definition) is 6. The van der Waals surface area contributed by atoms with E-state index in [2.05, 4.69) is 27.4 Å². The summed E-state index contributed by atoms with van der Waals surface area (Å²) in [4.78, 5) is 23.7. The molecule has 0 aliphatic carbocycles. The van der Waals surface area contributed by atoms with Crippen LogP contribution in [0.5, 0.6) is 0 Å². The zero-order valence-electron chi connectivity index (χ0n) is 8.51. The third-order valence-electron chi connectivity index (χ3n) is 2.06. The second-order valence-electron chi connectivity index (χ2n) is 3.13. The molecule has 18 heavy (non-hydrogen) atoms. The second kappa shape index (κ2) is 4.33. The molecule has 10 heteroatoms. The smallest absolute Gasteiger partial charge is 0.258 e. The maximum absolute atomic E-state index is 10.9. The molecular weight excluding hydrogens is 262 g/mol. The van der Waals surface area contributed by atoms with E-state index in [-0.39, 0.29) is 22.2 Å². The Kier molecular flexibility index (Phi) is 2.85. The molecule has 0 spiro atoms. The van der Waals surface area contributed by atoms with E-state index in [1.54, 1.807) is 0 Å². The maximum Gasteiger partial charge on any atom is 0.287 e. The van der Waals surface area contributed by atoms with Gasteiger partial charge in [0.15, 0.2) is 5.84 Å². The van der Waals surface area contributed by atoms with Gasteiger partial charge in [-0.1, -0.05) is 0 Å². The van der Waals surface area contributed by atoms with Crippen LogP contribution in [0.4, 0.5) is 11.4 Å². The molecule has 1 aliphatic rings. The van der Waals surface area contributed by atoms with Gasteiger partial charge in [0, 0.05) is 6.07 Å². The topological polar surface area (TPSA) is 123 Å². The van der Waals surface area contributed by atoms with Crippen molar-refractivity contribution in [2.45, 2.75) is 0 Å². The Morgan fingerprint density at radius 2 is 1.83 bits per heavy atom. The summed E-state index contributed by atoms with van der Waals surface area (Å²) in [5, 5.41) is 28.4. The highest BCUT2D eigenvalue weighted by Gasteiger charge is 2.24. The van der Waals surface area contributed by atoms with Crippen molar-refractivity contribution in [3.05, 3.63) is 44.0 Å². The molecular formula is C8H3N5O4S. The van der Waals surface area contributed by atoms with Gasteiger partial charge in [0.05, 0.1) is 21.5 Å². The fraction of sp³-hybridized carbons (Fsp3) is 0. The molecule has 9 nitrogen and oxygen atoms in total. The fourth-order valence-electron chi connectivity index (χ4n) is 1.31. The molecule has 1 aromatic rings. The maximum atomic E-state index is 10.9. The van der Waals surface area contributed by atoms with Gasteiger partial charge in [-0.2, -0.15) is 4.99 Å². The first-order valence-electron chi connectivity index (χ1n) is 4.46. The highest BCUT2D eigenvalue weighted by Crippen LogP contribution is 2.26. The Morgan fingerprint density at radius 3 is 2.33 bits per heavy atom. The summed E-state index contributed by atoms with van der Waals surface area (Å²) >= 11 is 4.65. The van der Waals surface area contributed by atoms with Gasteiger partial charge < -0.3 is 0 Å². The Balaban J connectivity index is 2.58. The van der Waals surface area contributed by atoms with Gasteiger partial charge in [-0.25, -0.2) is 0 Å². The first-order valence-corrected chi connectivity index (χ1v) is 4.87. The molecule has 0 saturated carbocycles. The van der Waals surface area contributed by atoms with Crippen LogP contribution in [-0.2, 0) is 0 Å². The van der Waals surface area contributed by atoms with Crippen molar-refractivity contribution in [2.24, 2.45) is 15.2 Å². The Bertz CT molecular complexity index is 638. The highest BCUT2D eigenvalue weighted by molar-refractivity contribution is 7.80. The van der Waals surface area contributed by atoms with Crippen LogP contribution in [0.25, 0.3) is 0 Å². The van der Waals surface area contributed by atoms with Crippen molar-refractivity contribution in [3.8, 4) is 0 Å². The number of thiocarbonyl (C=S) groups is 1. The van der Waals surface area contributed by atoms with Crippen molar-refractivity contribution >= 4 is 34.5 Å². The number of amidine groups is 1. The van der Waals surface area contributed by atoms with Crippen molar-refractivity contribution in [2.75, 3.05) is 0 Å². The minimum absolute atomic E-state index is 0.0263. The van der Waals surface area contributed by atoms with Crippen LogP contribution in [0.15, 0.2) is 33.4 Å². The van der Waals surface area contributed by atoms with Crippen LogP contribution in [0.2, 0.25) is 0 Å². The molecule has 0 amide bonds. The monoisotopic (exact) mass is 265 g/mol. The van der Waals surface area contributed by atoms with Crippen LogP contribution < -0.4 is 0 Å². The van der Waals surface area contributed by atoms with E-state index in [4.69, 9.17) is 0 Å². The molecule has 0 unspecified atom stereocenters. The largest absolute Gasteiger partial charge is 0.287 e. The summed E-state index contributed by atoms with van der Waals surface area (Å²) < 4.78 is 0. The summed E-state index contributed by atoms with van der Waals surface area (Å²) in [5.74, 6) is -0.0263. The summed E-state index contributed by atoms with van der Waals surface area (Å²) in [6, 6.07) is 3.17. The molecule has 0 bridgehead atoms. The molecule has 0 fully saturated rings. The van der Waals surface area contributed by atoms with E-state index < -0.39 is 15.5 Å². The summed E-state index contributed by atoms with van der Waals surface area (Å²) in [7, 11) is 0. The van der Waals surface area contributed by atoms with Gasteiger partial charge in [0.2, 0.25) is 5.11 Å². The number of hydrogen-bond donors (Lipinski definition) is 0. The lowest BCUT2D eigenvalue weighted by Crippen LogP contribution is -2.02. The summed E-state index contributed by atoms with van der Waals surface area (Å²) in [5.41, 5.74) is -0.815. The number of rotatable bonds is 3. The van der Waals surface area contributed by atoms with Gasteiger partial charge in [-0.15, -0.1) is 10.2 Å². The highest BCUT2D eigenvalue weighted by atomic mass is 32.1. The number of azo groups is 1. The van der Waals surface area contributed by atoms with E-state index in [9.17, 15) is 20.2 Å². The van der Waals surface area contributed by atoms with Gasteiger partial charge in [-0.3, -0.25) is 20.2 Å². The Morgan fingerprint density at radius 1 is 1.11 bits per heavy atom. The van der Waals surface area contributed by atoms with Crippen molar-refractivity contribution in [1.82, 2.24) is 0 Å². The Labute approximate surface area is 104 Å². The zero-order valence-corrected chi connectivity index (χ0v) is 9.33. The molecule has 90 valence electrons. The quantitative estimate of drug-likeness (QED) is 0.469. The number of nitrogens with zero attached hydrogens (tertiary/aromatic N) is 5. The summed E-state index contributed by atoms with van der Waals surface area (Å²) in [6.07, 6.45) is 0. The van der Waals surface area contributed by atoms with Crippen molar-refractivity contribution < 1.29 is 9.85 Å². The molecule has 0 N–H and O–H groups in total. The van der Waals surface area contributed by atoms with E-state index >= 15 is 0 Å². The van der Waals surface area contributed by atoms with Crippen LogP contribution in [0.1, 0.15) is 5.56 Å². The van der Waals surface area contributed by atoms with Crippen LogP contribution >= 0.6 is 12.2 Å². The van der Waals surface area contributed by atoms with Gasteiger partial charge in [-0.05, 0) is 18.3 Å². The summed E-state index contributed by atoms with van der Waals surface area (Å²) in [6.45, 7) is 0. The van der Waals surface area contributed by atoms with E-state index in [0.29, 0.717) is 0 Å². The molecule has 0 aromatic heterocycles. The third kappa shape index (κ3) is 2.08. The van der Waals surface area contributed by atoms with E-state index in [1.165, 1.54) is 6.07 Å². The van der Waals surface area contributed by atoms with Crippen LogP contribution in [0.3, 0.4) is 0 Å². The predicted molar refractivity (Wildman–Crippen MR) is 63.7 cm³/mol. The van der Waals surface area contributed by atoms with Gasteiger partial charge in [0.1, 0.15) is 0 Å². The number of non-ortho nitro benzene ring substituents is 1. The lowest BCUT2D eigenvalue weighted by Gasteiger charge is -1.99. The van der Waals surface area contributed by atoms with E-state index in [0.717, 1.165) is 12.1 Å². The zero-order chi connectivity index (χ0) is 13.3. The number of nitro groups is 2. The standard InChI is InChI=1S/C8H3N5O4S/c14-12(15)4-1-2-5(6(3-4)13(16)17)7-9-8(18)11-10-7/h1-3H. The van der Waals surface area contributed by atoms with Crippen molar-refractivity contribution in [3.63, 3.8) is 0 Å². The third-order valence-corrected chi connectivity index (χ3v) is 2.23. The first kappa shape index (κ1) is 11.9. The van der Waals surface area contributed by atoms with Gasteiger partial charge in [0.25, 0.3) is 11.4 Å². The fourth-order valence-corrected chi connectivity index (χ4v) is 1.44. The minimum Gasteiger partial charge on any atom is -0.258 e. The van der Waals surface area contributed by atoms with E-state index in [1.807, 2.05) is 0 Å². The van der Waals surface area contributed by atoms with Crippen molar-refractivity contribution in [1.29, 1.82) is 0 Å². The minimum atomic E-state index is -0.748. The molecule has 1 aromatic carbocycles. The lowest BCUT2D eigenvalue weighted by molar-refractivity contribution is -0.394. The molecule has 1 aliphatic heterocycles. The molecule has 0 radical (unpaired) electrons. The predicted octanol–water partition coefficient (Wildman–Crippen LogP) is 2.00. The number of aliphatic imine (C=N–C) groups is 1. The second-order valence-corrected chi connectivity index (χ2v) is 3.50. The molecule has 0 saturated heterocycles. The molecule has 1 heterocycles. The SMILES string of the molecule is O=[N+]([O-])c1ccc(C2=NC(=S)N=N2)c([N+](=O)[O-])c1. The average molecular weight is 265 g/mol. The van der Waals surface area contributed by atoms with Crippen LogP contribution in [0, 0.1) is 20.2 Å². The van der Waals surface area contributed by atoms with Gasteiger partial charge >= 0.3 is 0 Å². The lowest BCUT2D eigenvalue weighted by atomic mass is 10.1. The average Bonchev–Trinajstić information content (AvgIpc) is 2.74.